The van der Waals surface area contributed by atoms with Crippen LogP contribution in [0.25, 0.3) is 0 Å². The highest BCUT2D eigenvalue weighted by Gasteiger charge is 2.04. The van der Waals surface area contributed by atoms with Crippen LogP contribution in [0.15, 0.2) is 48.5 Å². The van der Waals surface area contributed by atoms with Crippen molar-refractivity contribution in [2.75, 3.05) is 19.4 Å². The van der Waals surface area contributed by atoms with Crippen molar-refractivity contribution in [3.05, 3.63) is 59.7 Å². The first-order valence-electron chi connectivity index (χ1n) is 7.80. The van der Waals surface area contributed by atoms with Gasteiger partial charge < -0.3 is 15.0 Å². The first kappa shape index (κ1) is 19.0. The average molecular weight is 325 g/mol. The molecule has 0 aliphatic rings. The van der Waals surface area contributed by atoms with Gasteiger partial charge in [0.05, 0.1) is 0 Å². The normalized spacial score (nSPS) is 9.12. The van der Waals surface area contributed by atoms with Crippen LogP contribution in [-0.4, -0.2) is 25.0 Å². The van der Waals surface area contributed by atoms with E-state index in [1.807, 2.05) is 50.2 Å². The molecule has 2 aromatic carbocycles. The number of nitriles is 1. The number of hydrogen-bond donors (Lipinski definition) is 1. The summed E-state index contributed by atoms with van der Waals surface area (Å²) in [6.45, 7) is 4.00. The molecule has 0 saturated carbocycles. The van der Waals surface area contributed by atoms with Crippen molar-refractivity contribution in [1.82, 2.24) is 4.90 Å². The molecule has 1 N–H and O–H groups in total. The number of hydrogen-bond acceptors (Lipinski definition) is 3. The van der Waals surface area contributed by atoms with E-state index in [0.717, 1.165) is 23.2 Å². The standard InChI is InChI=1S/C17H17N3O2.C2H6/c1-20(2)17(21)19-15-7-3-13(4-8-15)11-14-5-9-16(10-6-14)22-12-18;1-2/h3-10H,11H2,1-2H3,(H,19,21);1-2H3. The molecule has 2 amide bonds. The molecule has 5 nitrogen and oxygen atoms in total. The molecule has 0 aliphatic heterocycles. The molecule has 2 rings (SSSR count). The Morgan fingerprint density at radius 3 is 2.00 bits per heavy atom. The topological polar surface area (TPSA) is 65.4 Å². The number of urea groups is 1. The molecule has 0 radical (unpaired) electrons. The summed E-state index contributed by atoms with van der Waals surface area (Å²) in [6, 6.07) is 14.9. The van der Waals surface area contributed by atoms with Crippen LogP contribution in [0, 0.1) is 11.5 Å². The van der Waals surface area contributed by atoms with Gasteiger partial charge >= 0.3 is 6.03 Å². The zero-order valence-corrected chi connectivity index (χ0v) is 14.5. The van der Waals surface area contributed by atoms with Gasteiger partial charge in [0.2, 0.25) is 0 Å². The van der Waals surface area contributed by atoms with Gasteiger partial charge in [-0.25, -0.2) is 4.79 Å². The second-order valence-corrected chi connectivity index (χ2v) is 5.04. The SMILES string of the molecule is CC.CN(C)C(=O)Nc1ccc(Cc2ccc(OC#N)cc2)cc1. The summed E-state index contributed by atoms with van der Waals surface area (Å²) in [5.41, 5.74) is 3.02. The maximum Gasteiger partial charge on any atom is 0.321 e. The largest absolute Gasteiger partial charge is 0.388 e. The minimum absolute atomic E-state index is 0.152. The van der Waals surface area contributed by atoms with Gasteiger partial charge in [0, 0.05) is 19.8 Å². The number of carbonyl (C=O) groups is 1. The number of anilines is 1. The third-order valence-electron chi connectivity index (χ3n) is 3.11. The Kier molecular flexibility index (Phi) is 7.86. The second-order valence-electron chi connectivity index (χ2n) is 5.04. The van der Waals surface area contributed by atoms with Crippen molar-refractivity contribution in [2.24, 2.45) is 0 Å². The first-order valence-corrected chi connectivity index (χ1v) is 7.80. The van der Waals surface area contributed by atoms with Gasteiger partial charge in [-0.15, -0.1) is 5.26 Å². The van der Waals surface area contributed by atoms with Crippen molar-refractivity contribution in [1.29, 1.82) is 5.26 Å². The minimum atomic E-state index is -0.152. The van der Waals surface area contributed by atoms with Crippen LogP contribution >= 0.6 is 0 Å². The number of benzene rings is 2. The van der Waals surface area contributed by atoms with Gasteiger partial charge in [-0.1, -0.05) is 38.1 Å². The van der Waals surface area contributed by atoms with Gasteiger partial charge in [0.15, 0.2) is 0 Å². The van der Waals surface area contributed by atoms with Gasteiger partial charge in [0.1, 0.15) is 5.75 Å². The Labute approximate surface area is 143 Å². The molecular weight excluding hydrogens is 302 g/mol. The Morgan fingerprint density at radius 2 is 1.54 bits per heavy atom. The summed E-state index contributed by atoms with van der Waals surface area (Å²) < 4.78 is 4.74. The van der Waals surface area contributed by atoms with E-state index in [9.17, 15) is 4.79 Å². The average Bonchev–Trinajstić information content (AvgIpc) is 2.60. The Bertz CT molecular complexity index is 671. The number of amides is 2. The highest BCUT2D eigenvalue weighted by atomic mass is 16.5. The Hall–Kier alpha value is -3.00. The van der Waals surface area contributed by atoms with E-state index in [-0.39, 0.29) is 6.03 Å². The van der Waals surface area contributed by atoms with E-state index in [4.69, 9.17) is 10.00 Å². The minimum Gasteiger partial charge on any atom is -0.388 e. The number of rotatable bonds is 4. The lowest BCUT2D eigenvalue weighted by Gasteiger charge is -2.12. The lowest BCUT2D eigenvalue weighted by atomic mass is 10.0. The lowest BCUT2D eigenvalue weighted by Crippen LogP contribution is -2.27. The van der Waals surface area contributed by atoms with Crippen LogP contribution in [0.2, 0.25) is 0 Å². The van der Waals surface area contributed by atoms with Crippen LogP contribution < -0.4 is 10.1 Å². The summed E-state index contributed by atoms with van der Waals surface area (Å²) in [4.78, 5) is 13.0. The predicted octanol–water partition coefficient (Wildman–Crippen LogP) is 4.26. The number of carbonyl (C=O) groups excluding carboxylic acids is 1. The molecule has 0 aromatic heterocycles. The van der Waals surface area contributed by atoms with E-state index in [1.165, 1.54) is 4.90 Å². The van der Waals surface area contributed by atoms with Crippen molar-refractivity contribution in [3.8, 4) is 12.0 Å². The smallest absolute Gasteiger partial charge is 0.321 e. The van der Waals surface area contributed by atoms with Crippen molar-refractivity contribution in [3.63, 3.8) is 0 Å². The van der Waals surface area contributed by atoms with Crippen LogP contribution in [0.3, 0.4) is 0 Å². The van der Waals surface area contributed by atoms with E-state index in [0.29, 0.717) is 5.75 Å². The van der Waals surface area contributed by atoms with Gasteiger partial charge in [-0.05, 0) is 41.8 Å². The zero-order valence-electron chi connectivity index (χ0n) is 14.5. The molecule has 24 heavy (non-hydrogen) atoms. The lowest BCUT2D eigenvalue weighted by molar-refractivity contribution is 0.230. The Balaban J connectivity index is 0.00000139. The summed E-state index contributed by atoms with van der Waals surface area (Å²) in [5.74, 6) is 0.535. The highest BCUT2D eigenvalue weighted by molar-refractivity contribution is 5.88. The van der Waals surface area contributed by atoms with Gasteiger partial charge in [-0.3, -0.25) is 0 Å². The second kappa shape index (κ2) is 9.90. The predicted molar refractivity (Wildman–Crippen MR) is 96.0 cm³/mol. The van der Waals surface area contributed by atoms with Gasteiger partial charge in [0.25, 0.3) is 6.26 Å². The quantitative estimate of drug-likeness (QED) is 0.854. The molecular formula is C19H23N3O2. The fourth-order valence-electron chi connectivity index (χ4n) is 1.90. The molecule has 0 fully saturated rings. The molecule has 0 aliphatic carbocycles. The van der Waals surface area contributed by atoms with Crippen LogP contribution in [0.5, 0.6) is 5.75 Å². The summed E-state index contributed by atoms with van der Waals surface area (Å²) in [6.07, 6.45) is 2.42. The van der Waals surface area contributed by atoms with Crippen molar-refractivity contribution < 1.29 is 9.53 Å². The summed E-state index contributed by atoms with van der Waals surface area (Å²) in [5, 5.41) is 11.2. The molecule has 2 aromatic rings. The number of nitrogens with one attached hydrogen (secondary N) is 1. The maximum atomic E-state index is 11.6. The monoisotopic (exact) mass is 325 g/mol. The highest BCUT2D eigenvalue weighted by Crippen LogP contribution is 2.17. The third kappa shape index (κ3) is 6.01. The molecule has 5 heteroatoms. The molecule has 0 spiro atoms. The summed E-state index contributed by atoms with van der Waals surface area (Å²) >= 11 is 0. The van der Waals surface area contributed by atoms with E-state index in [1.54, 1.807) is 32.5 Å². The van der Waals surface area contributed by atoms with E-state index >= 15 is 0 Å². The number of ether oxygens (including phenoxy) is 1. The van der Waals surface area contributed by atoms with E-state index in [2.05, 4.69) is 5.32 Å². The molecule has 0 unspecified atom stereocenters. The maximum absolute atomic E-state index is 11.6. The van der Waals surface area contributed by atoms with Crippen molar-refractivity contribution >= 4 is 11.7 Å². The third-order valence-corrected chi connectivity index (χ3v) is 3.11. The van der Waals surface area contributed by atoms with E-state index < -0.39 is 0 Å². The van der Waals surface area contributed by atoms with Crippen LogP contribution in [0.1, 0.15) is 25.0 Å². The summed E-state index contributed by atoms with van der Waals surface area (Å²) in [7, 11) is 3.40. The fraction of sp³-hybridized carbons (Fsp3) is 0.263. The molecule has 0 bridgehead atoms. The molecule has 0 saturated heterocycles. The zero-order chi connectivity index (χ0) is 17.9. The van der Waals surface area contributed by atoms with Gasteiger partial charge in [-0.2, -0.15) is 0 Å². The number of nitrogens with zero attached hydrogens (tertiary/aromatic N) is 2. The molecule has 0 heterocycles. The van der Waals surface area contributed by atoms with Crippen molar-refractivity contribution in [2.45, 2.75) is 20.3 Å². The first-order chi connectivity index (χ1) is 11.6. The molecule has 0 atom stereocenters. The van der Waals surface area contributed by atoms with Crippen LogP contribution in [0.4, 0.5) is 10.5 Å². The fourth-order valence-corrected chi connectivity index (χ4v) is 1.90. The van der Waals surface area contributed by atoms with Crippen LogP contribution in [-0.2, 0) is 6.42 Å². The molecule has 126 valence electrons. The Morgan fingerprint density at radius 1 is 1.04 bits per heavy atom.